The number of hydrogen-bond acceptors (Lipinski definition) is 7. The maximum absolute atomic E-state index is 6.09. The molecule has 3 aliphatic rings. The molecule has 0 amide bonds. The lowest BCUT2D eigenvalue weighted by atomic mass is 10.2. The number of hydrogen-bond donors (Lipinski definition) is 0. The summed E-state index contributed by atoms with van der Waals surface area (Å²) in [6.07, 6.45) is 7.06. The molecule has 5 rings (SSSR count). The van der Waals surface area contributed by atoms with Gasteiger partial charge in [-0.15, -0.1) is 10.2 Å². The first-order valence-electron chi connectivity index (χ1n) is 9.88. The quantitative estimate of drug-likeness (QED) is 0.829. The Balaban J connectivity index is 1.30. The van der Waals surface area contributed by atoms with Gasteiger partial charge in [-0.1, -0.05) is 11.6 Å². The Morgan fingerprint density at radius 1 is 1.12 bits per heavy atom. The Morgan fingerprint density at radius 2 is 2.04 bits per heavy atom. The summed E-state index contributed by atoms with van der Waals surface area (Å²) in [5.41, 5.74) is 0. The Labute approximate surface area is 152 Å². The van der Waals surface area contributed by atoms with E-state index in [-0.39, 0.29) is 12.2 Å². The third-order valence-corrected chi connectivity index (χ3v) is 5.56. The second-order valence-corrected chi connectivity index (χ2v) is 7.89. The van der Waals surface area contributed by atoms with Crippen molar-refractivity contribution >= 4 is 0 Å². The Kier molecular flexibility index (Phi) is 4.24. The molecule has 0 bridgehead atoms. The third-order valence-electron chi connectivity index (χ3n) is 5.56. The van der Waals surface area contributed by atoms with Gasteiger partial charge < -0.3 is 13.8 Å². The number of aromatic nitrogens is 5. The Bertz CT molecular complexity index is 768. The highest BCUT2D eigenvalue weighted by Crippen LogP contribution is 2.39. The average molecular weight is 358 g/mol. The predicted molar refractivity (Wildman–Crippen MR) is 92.4 cm³/mol. The molecule has 2 aliphatic heterocycles. The summed E-state index contributed by atoms with van der Waals surface area (Å²) in [5, 5.41) is 13.0. The number of rotatable bonds is 4. The largest absolute Gasteiger partial charge is 0.363 e. The van der Waals surface area contributed by atoms with Crippen molar-refractivity contribution in [3.8, 4) is 0 Å². The molecule has 1 saturated heterocycles. The summed E-state index contributed by atoms with van der Waals surface area (Å²) >= 11 is 0. The lowest BCUT2D eigenvalue weighted by Crippen LogP contribution is -2.42. The van der Waals surface area contributed by atoms with Crippen LogP contribution in [0.4, 0.5) is 0 Å². The van der Waals surface area contributed by atoms with Gasteiger partial charge in [0.1, 0.15) is 17.8 Å². The van der Waals surface area contributed by atoms with E-state index in [9.17, 15) is 0 Å². The Morgan fingerprint density at radius 3 is 2.92 bits per heavy atom. The number of aryl methyl sites for hydroxylation is 1. The molecule has 0 unspecified atom stereocenters. The van der Waals surface area contributed by atoms with Gasteiger partial charge in [0, 0.05) is 32.0 Å². The van der Waals surface area contributed by atoms with Crippen LogP contribution in [0.25, 0.3) is 0 Å². The minimum Gasteiger partial charge on any atom is -0.363 e. The van der Waals surface area contributed by atoms with E-state index in [0.717, 1.165) is 50.1 Å². The maximum atomic E-state index is 6.09. The van der Waals surface area contributed by atoms with Gasteiger partial charge in [0.25, 0.3) is 5.89 Å². The van der Waals surface area contributed by atoms with Crippen LogP contribution in [0.2, 0.25) is 0 Å². The van der Waals surface area contributed by atoms with E-state index in [0.29, 0.717) is 11.8 Å². The van der Waals surface area contributed by atoms with Gasteiger partial charge in [0.15, 0.2) is 5.82 Å². The molecule has 2 aromatic rings. The summed E-state index contributed by atoms with van der Waals surface area (Å²) in [6, 6.07) is 0. The van der Waals surface area contributed by atoms with Crippen LogP contribution in [0.5, 0.6) is 0 Å². The van der Waals surface area contributed by atoms with Crippen LogP contribution in [-0.4, -0.2) is 49.0 Å². The van der Waals surface area contributed by atoms with Crippen LogP contribution in [0.1, 0.15) is 74.4 Å². The smallest absolute Gasteiger partial charge is 0.257 e. The van der Waals surface area contributed by atoms with Crippen molar-refractivity contribution in [1.82, 2.24) is 29.8 Å². The number of morpholine rings is 1. The van der Waals surface area contributed by atoms with Gasteiger partial charge in [0.05, 0.1) is 12.6 Å². The molecule has 140 valence electrons. The SMILES string of the molecule is C[C@@H]1CN(Cc2nnc3n2CCCCC3)C[C@H](c2nc(C3CC3)no2)O1. The normalized spacial score (nSPS) is 27.3. The van der Waals surface area contributed by atoms with Crippen molar-refractivity contribution in [2.75, 3.05) is 13.1 Å². The van der Waals surface area contributed by atoms with Crippen molar-refractivity contribution < 1.29 is 9.26 Å². The highest BCUT2D eigenvalue weighted by molar-refractivity contribution is 5.05. The van der Waals surface area contributed by atoms with Crippen molar-refractivity contribution in [1.29, 1.82) is 0 Å². The molecule has 1 saturated carbocycles. The fraction of sp³-hybridized carbons (Fsp3) is 0.778. The minimum absolute atomic E-state index is 0.122. The molecule has 2 aromatic heterocycles. The second-order valence-electron chi connectivity index (χ2n) is 7.89. The van der Waals surface area contributed by atoms with Crippen molar-refractivity contribution in [2.24, 2.45) is 0 Å². The van der Waals surface area contributed by atoms with Crippen LogP contribution in [0, 0.1) is 0 Å². The van der Waals surface area contributed by atoms with Crippen LogP contribution < -0.4 is 0 Å². The van der Waals surface area contributed by atoms with E-state index in [1.165, 1.54) is 32.1 Å². The Hall–Kier alpha value is -1.80. The van der Waals surface area contributed by atoms with Crippen LogP contribution in [0.3, 0.4) is 0 Å². The van der Waals surface area contributed by atoms with Gasteiger partial charge >= 0.3 is 0 Å². The molecule has 8 heteroatoms. The standard InChI is InChI=1S/C18H26N6O2/c1-12-9-23(11-16-21-20-15-5-3-2-4-8-24(15)16)10-14(25-12)18-19-17(22-26-18)13-6-7-13/h12-14H,2-11H2,1H3/t12-,14-/m1/s1. The topological polar surface area (TPSA) is 82.1 Å². The third kappa shape index (κ3) is 3.27. The average Bonchev–Trinajstić information content (AvgIpc) is 3.32. The fourth-order valence-corrected chi connectivity index (χ4v) is 4.05. The molecule has 0 aromatic carbocycles. The zero-order valence-corrected chi connectivity index (χ0v) is 15.3. The van der Waals surface area contributed by atoms with Crippen LogP contribution in [0.15, 0.2) is 4.52 Å². The fourth-order valence-electron chi connectivity index (χ4n) is 4.05. The zero-order valence-electron chi connectivity index (χ0n) is 15.3. The number of ether oxygens (including phenoxy) is 1. The molecule has 1 aliphatic carbocycles. The molecule has 0 spiro atoms. The molecule has 2 atom stereocenters. The monoisotopic (exact) mass is 358 g/mol. The van der Waals surface area contributed by atoms with E-state index in [2.05, 4.69) is 36.7 Å². The van der Waals surface area contributed by atoms with Gasteiger partial charge in [-0.2, -0.15) is 4.98 Å². The summed E-state index contributed by atoms with van der Waals surface area (Å²) in [4.78, 5) is 6.96. The summed E-state index contributed by atoms with van der Waals surface area (Å²) in [5.74, 6) is 4.16. The van der Waals surface area contributed by atoms with E-state index >= 15 is 0 Å². The zero-order chi connectivity index (χ0) is 17.5. The van der Waals surface area contributed by atoms with Crippen LogP contribution >= 0.6 is 0 Å². The summed E-state index contributed by atoms with van der Waals surface area (Å²) in [6.45, 7) is 5.55. The van der Waals surface area contributed by atoms with Crippen molar-refractivity contribution in [2.45, 2.75) is 76.7 Å². The highest BCUT2D eigenvalue weighted by atomic mass is 16.5. The number of nitrogens with zero attached hydrogens (tertiary/aromatic N) is 6. The van der Waals surface area contributed by atoms with Gasteiger partial charge in [-0.25, -0.2) is 0 Å². The molecule has 26 heavy (non-hydrogen) atoms. The molecular formula is C18H26N6O2. The minimum atomic E-state index is -0.162. The number of fused-ring (bicyclic) bond motifs is 1. The highest BCUT2D eigenvalue weighted by Gasteiger charge is 2.34. The first-order chi connectivity index (χ1) is 12.8. The lowest BCUT2D eigenvalue weighted by molar-refractivity contribution is -0.0937. The molecule has 0 N–H and O–H groups in total. The molecule has 2 fully saturated rings. The predicted octanol–water partition coefficient (Wildman–Crippen LogP) is 2.23. The van der Waals surface area contributed by atoms with Crippen molar-refractivity contribution in [3.05, 3.63) is 23.4 Å². The summed E-state index contributed by atoms with van der Waals surface area (Å²) < 4.78 is 13.9. The first kappa shape index (κ1) is 16.4. The van der Waals surface area contributed by atoms with E-state index in [4.69, 9.17) is 9.26 Å². The molecular weight excluding hydrogens is 332 g/mol. The lowest BCUT2D eigenvalue weighted by Gasteiger charge is -2.34. The van der Waals surface area contributed by atoms with Crippen molar-refractivity contribution in [3.63, 3.8) is 0 Å². The molecule has 0 radical (unpaired) electrons. The van der Waals surface area contributed by atoms with Gasteiger partial charge in [-0.3, -0.25) is 4.90 Å². The van der Waals surface area contributed by atoms with E-state index < -0.39 is 0 Å². The molecule has 8 nitrogen and oxygen atoms in total. The first-order valence-corrected chi connectivity index (χ1v) is 9.88. The van der Waals surface area contributed by atoms with E-state index in [1.54, 1.807) is 0 Å². The van der Waals surface area contributed by atoms with Gasteiger partial charge in [-0.05, 0) is 32.6 Å². The van der Waals surface area contributed by atoms with E-state index in [1.807, 2.05) is 0 Å². The summed E-state index contributed by atoms with van der Waals surface area (Å²) in [7, 11) is 0. The molecule has 4 heterocycles. The second kappa shape index (κ2) is 6.74. The van der Waals surface area contributed by atoms with Crippen LogP contribution in [-0.2, 0) is 24.2 Å². The van der Waals surface area contributed by atoms with Gasteiger partial charge in [0.2, 0.25) is 0 Å². The maximum Gasteiger partial charge on any atom is 0.257 e.